The average molecular weight is 395 g/mol. The van der Waals surface area contributed by atoms with Crippen LogP contribution in [0.15, 0.2) is 67.0 Å². The third kappa shape index (κ3) is 3.45. The van der Waals surface area contributed by atoms with Crippen LogP contribution in [0.2, 0.25) is 0 Å². The fourth-order valence-electron chi connectivity index (χ4n) is 3.76. The van der Waals surface area contributed by atoms with Gasteiger partial charge < -0.3 is 0 Å². The fourth-order valence-corrected chi connectivity index (χ4v) is 3.76. The maximum Gasteiger partial charge on any atom is 0.205 e. The molecule has 0 aliphatic heterocycles. The van der Waals surface area contributed by atoms with Gasteiger partial charge in [-0.25, -0.2) is 9.50 Å². The van der Waals surface area contributed by atoms with Crippen molar-refractivity contribution < 1.29 is 0 Å². The van der Waals surface area contributed by atoms with Gasteiger partial charge >= 0.3 is 0 Å². The van der Waals surface area contributed by atoms with Crippen LogP contribution < -0.4 is 0 Å². The lowest BCUT2D eigenvalue weighted by Crippen LogP contribution is -2.03. The van der Waals surface area contributed by atoms with Gasteiger partial charge in [-0.15, -0.1) is 10.2 Å². The molecule has 0 radical (unpaired) electrons. The number of nitrogens with one attached hydrogen (secondary N) is 1. The first-order valence-electron chi connectivity index (χ1n) is 10.1. The molecule has 7 nitrogen and oxygen atoms in total. The van der Waals surface area contributed by atoms with Crippen molar-refractivity contribution in [3.05, 3.63) is 83.8 Å². The van der Waals surface area contributed by atoms with Gasteiger partial charge in [-0.3, -0.25) is 0 Å². The number of hydrogen-bond donors (Lipinski definition) is 1. The summed E-state index contributed by atoms with van der Waals surface area (Å²) in [5, 5.41) is 18.8. The Kier molecular flexibility index (Phi) is 4.77. The van der Waals surface area contributed by atoms with E-state index >= 15 is 0 Å². The van der Waals surface area contributed by atoms with Crippen LogP contribution >= 0.6 is 0 Å². The molecule has 0 fully saturated rings. The Morgan fingerprint density at radius 1 is 0.967 bits per heavy atom. The molecule has 0 amide bonds. The minimum absolute atomic E-state index is 0.595. The van der Waals surface area contributed by atoms with Gasteiger partial charge in [-0.05, 0) is 33.9 Å². The molecule has 0 atom stereocenters. The van der Waals surface area contributed by atoms with Crippen LogP contribution in [0.25, 0.3) is 28.2 Å². The van der Waals surface area contributed by atoms with E-state index in [0.717, 1.165) is 47.3 Å². The third-order valence-corrected chi connectivity index (χ3v) is 5.21. The standard InChI is InChI=1S/C23H21N7/c1-2-5-21-18(15-30-22(25-21)12-13-24-30)14-16-8-10-17(11-9-16)19-6-3-4-7-20(19)23-26-28-29-27-23/h3-4,6-13,15H,2,5,14H2,1H3,(H,26,27,28,29). The van der Waals surface area contributed by atoms with Gasteiger partial charge in [0.2, 0.25) is 5.82 Å². The van der Waals surface area contributed by atoms with E-state index in [4.69, 9.17) is 4.98 Å². The molecule has 5 aromatic rings. The molecule has 0 aliphatic carbocycles. The monoisotopic (exact) mass is 395 g/mol. The highest BCUT2D eigenvalue weighted by molar-refractivity contribution is 5.80. The van der Waals surface area contributed by atoms with Gasteiger partial charge in [0.15, 0.2) is 5.65 Å². The number of nitrogens with zero attached hydrogens (tertiary/aromatic N) is 6. The van der Waals surface area contributed by atoms with Crippen molar-refractivity contribution in [1.82, 2.24) is 35.2 Å². The number of hydrogen-bond acceptors (Lipinski definition) is 5. The Hall–Kier alpha value is -3.87. The molecule has 0 saturated heterocycles. The van der Waals surface area contributed by atoms with Crippen LogP contribution in [0.4, 0.5) is 0 Å². The topological polar surface area (TPSA) is 84.6 Å². The molecule has 0 aliphatic rings. The van der Waals surface area contributed by atoms with E-state index in [0.29, 0.717) is 5.82 Å². The predicted octanol–water partition coefficient (Wildman–Crippen LogP) is 4.12. The number of aryl methyl sites for hydroxylation is 1. The van der Waals surface area contributed by atoms with Crippen molar-refractivity contribution in [3.8, 4) is 22.5 Å². The molecule has 7 heteroatoms. The third-order valence-electron chi connectivity index (χ3n) is 5.21. The summed E-state index contributed by atoms with van der Waals surface area (Å²) in [6.07, 6.45) is 6.75. The lowest BCUT2D eigenvalue weighted by Gasteiger charge is -2.11. The summed E-state index contributed by atoms with van der Waals surface area (Å²) < 4.78 is 1.85. The Labute approximate surface area is 173 Å². The van der Waals surface area contributed by atoms with Crippen LogP contribution in [-0.4, -0.2) is 35.2 Å². The first kappa shape index (κ1) is 18.2. The quantitative estimate of drug-likeness (QED) is 0.467. The molecule has 148 valence electrons. The molecule has 0 unspecified atom stereocenters. The smallest absolute Gasteiger partial charge is 0.205 e. The largest absolute Gasteiger partial charge is 0.233 e. The molecule has 0 bridgehead atoms. The van der Waals surface area contributed by atoms with E-state index < -0.39 is 0 Å². The van der Waals surface area contributed by atoms with Crippen LogP contribution in [0, 0.1) is 0 Å². The van der Waals surface area contributed by atoms with Crippen molar-refractivity contribution in [1.29, 1.82) is 0 Å². The van der Waals surface area contributed by atoms with Crippen molar-refractivity contribution in [3.63, 3.8) is 0 Å². The average Bonchev–Trinajstić information content (AvgIpc) is 3.47. The number of tetrazole rings is 1. The second-order valence-corrected chi connectivity index (χ2v) is 7.25. The zero-order chi connectivity index (χ0) is 20.3. The molecule has 1 N–H and O–H groups in total. The summed E-state index contributed by atoms with van der Waals surface area (Å²) in [7, 11) is 0. The Morgan fingerprint density at radius 3 is 2.57 bits per heavy atom. The van der Waals surface area contributed by atoms with Gasteiger partial charge in [-0.2, -0.15) is 10.3 Å². The molecule has 5 rings (SSSR count). The highest BCUT2D eigenvalue weighted by Gasteiger charge is 2.12. The summed E-state index contributed by atoms with van der Waals surface area (Å²) in [6, 6.07) is 18.7. The first-order valence-corrected chi connectivity index (χ1v) is 10.1. The second-order valence-electron chi connectivity index (χ2n) is 7.25. The molecule has 30 heavy (non-hydrogen) atoms. The van der Waals surface area contributed by atoms with Crippen LogP contribution in [-0.2, 0) is 12.8 Å². The number of aromatic amines is 1. The van der Waals surface area contributed by atoms with Crippen molar-refractivity contribution in [2.75, 3.05) is 0 Å². The van der Waals surface area contributed by atoms with Crippen molar-refractivity contribution in [2.45, 2.75) is 26.2 Å². The Morgan fingerprint density at radius 2 is 1.80 bits per heavy atom. The van der Waals surface area contributed by atoms with Crippen LogP contribution in [0.5, 0.6) is 0 Å². The maximum absolute atomic E-state index is 4.80. The molecular weight excluding hydrogens is 374 g/mol. The Bertz CT molecular complexity index is 1270. The molecule has 0 saturated carbocycles. The lowest BCUT2D eigenvalue weighted by atomic mass is 9.96. The zero-order valence-corrected chi connectivity index (χ0v) is 16.7. The first-order chi connectivity index (χ1) is 14.8. The minimum Gasteiger partial charge on any atom is -0.233 e. The summed E-state index contributed by atoms with van der Waals surface area (Å²) in [6.45, 7) is 2.18. The van der Waals surface area contributed by atoms with E-state index in [-0.39, 0.29) is 0 Å². The summed E-state index contributed by atoms with van der Waals surface area (Å²) in [4.78, 5) is 4.80. The maximum atomic E-state index is 4.80. The highest BCUT2D eigenvalue weighted by Crippen LogP contribution is 2.30. The van der Waals surface area contributed by atoms with Crippen molar-refractivity contribution >= 4 is 5.65 Å². The number of fused-ring (bicyclic) bond motifs is 1. The highest BCUT2D eigenvalue weighted by atomic mass is 15.5. The van der Waals surface area contributed by atoms with E-state index in [9.17, 15) is 0 Å². The minimum atomic E-state index is 0.595. The number of H-pyrrole nitrogens is 1. The van der Waals surface area contributed by atoms with Gasteiger partial charge in [0.1, 0.15) is 0 Å². The summed E-state index contributed by atoms with van der Waals surface area (Å²) in [5.74, 6) is 0.595. The summed E-state index contributed by atoms with van der Waals surface area (Å²) >= 11 is 0. The normalized spacial score (nSPS) is 11.2. The predicted molar refractivity (Wildman–Crippen MR) is 115 cm³/mol. The molecule has 0 spiro atoms. The van der Waals surface area contributed by atoms with E-state index in [1.54, 1.807) is 6.20 Å². The lowest BCUT2D eigenvalue weighted by molar-refractivity contribution is 0.831. The van der Waals surface area contributed by atoms with Gasteiger partial charge in [0.25, 0.3) is 0 Å². The SMILES string of the molecule is CCCc1nc2ccnn2cc1Cc1ccc(-c2ccccc2-c2nn[nH]n2)cc1. The van der Waals surface area contributed by atoms with Crippen LogP contribution in [0.1, 0.15) is 30.2 Å². The van der Waals surface area contributed by atoms with E-state index in [1.807, 2.05) is 28.8 Å². The molecule has 3 aromatic heterocycles. The van der Waals surface area contributed by atoms with Gasteiger partial charge in [-0.1, -0.05) is 61.9 Å². The van der Waals surface area contributed by atoms with E-state index in [1.165, 1.54) is 11.1 Å². The second kappa shape index (κ2) is 7.87. The molecular formula is C23H21N7. The van der Waals surface area contributed by atoms with Crippen molar-refractivity contribution in [2.24, 2.45) is 0 Å². The summed E-state index contributed by atoms with van der Waals surface area (Å²) in [5.41, 5.74) is 7.66. The number of benzene rings is 2. The Balaban J connectivity index is 1.46. The molecule has 3 heterocycles. The van der Waals surface area contributed by atoms with E-state index in [2.05, 4.69) is 69.2 Å². The van der Waals surface area contributed by atoms with Crippen LogP contribution in [0.3, 0.4) is 0 Å². The zero-order valence-electron chi connectivity index (χ0n) is 16.7. The number of aromatic nitrogens is 7. The van der Waals surface area contributed by atoms with Gasteiger partial charge in [0.05, 0.1) is 6.20 Å². The molecule has 2 aromatic carbocycles. The van der Waals surface area contributed by atoms with Gasteiger partial charge in [0, 0.05) is 29.9 Å². The number of rotatable bonds is 6. The fraction of sp³-hybridized carbons (Fsp3) is 0.174.